The zero-order chi connectivity index (χ0) is 14.0. The Labute approximate surface area is 113 Å². The van der Waals surface area contributed by atoms with E-state index in [0.29, 0.717) is 6.54 Å². The van der Waals surface area contributed by atoms with E-state index in [0.717, 1.165) is 11.0 Å². The molecule has 1 N–H and O–H groups in total. The summed E-state index contributed by atoms with van der Waals surface area (Å²) >= 11 is 0. The quantitative estimate of drug-likeness (QED) is 0.840. The second kappa shape index (κ2) is 4.88. The Morgan fingerprint density at radius 3 is 2.74 bits per heavy atom. The first-order valence-electron chi connectivity index (χ1n) is 6.33. The van der Waals surface area contributed by atoms with E-state index in [4.69, 9.17) is 0 Å². The van der Waals surface area contributed by atoms with E-state index in [-0.39, 0.29) is 11.4 Å². The van der Waals surface area contributed by atoms with Gasteiger partial charge in [0.15, 0.2) is 17.6 Å². The molecule has 4 nitrogen and oxygen atoms in total. The maximum absolute atomic E-state index is 12.0. The van der Waals surface area contributed by atoms with E-state index in [9.17, 15) is 4.79 Å². The lowest BCUT2D eigenvalue weighted by molar-refractivity contribution is -0.659. The van der Waals surface area contributed by atoms with Gasteiger partial charge in [-0.1, -0.05) is 18.7 Å². The van der Waals surface area contributed by atoms with Gasteiger partial charge in [0, 0.05) is 5.54 Å². The van der Waals surface area contributed by atoms with E-state index in [1.54, 1.807) is 6.20 Å². The largest absolute Gasteiger partial charge is 0.348 e. The Hall–Kier alpha value is -2.10. The first kappa shape index (κ1) is 13.3. The van der Waals surface area contributed by atoms with Crippen LogP contribution in [0.25, 0.3) is 17.2 Å². The summed E-state index contributed by atoms with van der Waals surface area (Å²) in [5.41, 5.74) is 1.85. The zero-order valence-electron chi connectivity index (χ0n) is 11.7. The number of hydrogen-bond acceptors (Lipinski definition) is 1. The van der Waals surface area contributed by atoms with E-state index >= 15 is 0 Å². The van der Waals surface area contributed by atoms with Crippen LogP contribution in [0.5, 0.6) is 0 Å². The number of imidazole rings is 1. The maximum Gasteiger partial charge on any atom is 0.262 e. The van der Waals surface area contributed by atoms with Crippen molar-refractivity contribution in [3.63, 3.8) is 0 Å². The minimum Gasteiger partial charge on any atom is -0.348 e. The van der Waals surface area contributed by atoms with Gasteiger partial charge in [-0.05, 0) is 32.9 Å². The van der Waals surface area contributed by atoms with Crippen molar-refractivity contribution in [1.82, 2.24) is 9.88 Å². The monoisotopic (exact) mass is 258 g/mol. The number of para-hydroxylation sites is 2. The fourth-order valence-corrected chi connectivity index (χ4v) is 2.08. The molecule has 1 aromatic carbocycles. The topological polar surface area (TPSA) is 37.9 Å². The molecular weight excluding hydrogens is 238 g/mol. The minimum atomic E-state index is -0.214. The van der Waals surface area contributed by atoms with Crippen molar-refractivity contribution in [2.75, 3.05) is 0 Å². The number of benzene rings is 1. The molecule has 0 saturated heterocycles. The Bertz CT molecular complexity index is 620. The van der Waals surface area contributed by atoms with Crippen LogP contribution in [0.3, 0.4) is 0 Å². The van der Waals surface area contributed by atoms with Gasteiger partial charge >= 0.3 is 0 Å². The van der Waals surface area contributed by atoms with Crippen LogP contribution < -0.4 is 9.88 Å². The second-order valence-electron chi connectivity index (χ2n) is 5.62. The van der Waals surface area contributed by atoms with E-state index in [1.807, 2.05) is 60.5 Å². The maximum atomic E-state index is 12.0. The molecule has 0 aliphatic rings. The third-order valence-corrected chi connectivity index (χ3v) is 2.76. The average molecular weight is 258 g/mol. The smallest absolute Gasteiger partial charge is 0.262 e. The van der Waals surface area contributed by atoms with E-state index < -0.39 is 0 Å². The molecule has 0 saturated carbocycles. The van der Waals surface area contributed by atoms with Crippen molar-refractivity contribution in [2.24, 2.45) is 0 Å². The highest BCUT2D eigenvalue weighted by Gasteiger charge is 2.19. The second-order valence-corrected chi connectivity index (χ2v) is 5.62. The lowest BCUT2D eigenvalue weighted by Crippen LogP contribution is -2.48. The highest BCUT2D eigenvalue weighted by molar-refractivity contribution is 5.77. The zero-order valence-corrected chi connectivity index (χ0v) is 11.7. The Morgan fingerprint density at radius 1 is 1.42 bits per heavy atom. The highest BCUT2D eigenvalue weighted by atomic mass is 16.2. The summed E-state index contributed by atoms with van der Waals surface area (Å²) in [6.45, 7) is 10.0. The molecule has 2 rings (SSSR count). The van der Waals surface area contributed by atoms with E-state index in [1.165, 1.54) is 0 Å². The number of amides is 1. The number of rotatable bonds is 3. The van der Waals surface area contributed by atoms with Crippen LogP contribution in [-0.4, -0.2) is 16.0 Å². The molecule has 0 aliphatic heterocycles. The van der Waals surface area contributed by atoms with Gasteiger partial charge in [0.2, 0.25) is 6.33 Å². The van der Waals surface area contributed by atoms with Crippen LogP contribution in [0, 0.1) is 0 Å². The third-order valence-electron chi connectivity index (χ3n) is 2.76. The van der Waals surface area contributed by atoms with Gasteiger partial charge < -0.3 is 5.32 Å². The van der Waals surface area contributed by atoms with Crippen LogP contribution in [0.4, 0.5) is 0 Å². The van der Waals surface area contributed by atoms with Gasteiger partial charge in [-0.25, -0.2) is 9.13 Å². The van der Waals surface area contributed by atoms with Crippen LogP contribution in [0.15, 0.2) is 37.2 Å². The fourth-order valence-electron chi connectivity index (χ4n) is 2.08. The summed E-state index contributed by atoms with van der Waals surface area (Å²) in [5.74, 6) is 0.00413. The summed E-state index contributed by atoms with van der Waals surface area (Å²) in [6.07, 6.45) is 3.63. The summed E-state index contributed by atoms with van der Waals surface area (Å²) in [7, 11) is 0. The van der Waals surface area contributed by atoms with Gasteiger partial charge in [0.25, 0.3) is 5.91 Å². The third kappa shape index (κ3) is 3.02. The molecule has 4 heteroatoms. The van der Waals surface area contributed by atoms with E-state index in [2.05, 4.69) is 11.9 Å². The number of nitrogens with one attached hydrogen (secondary N) is 1. The van der Waals surface area contributed by atoms with Gasteiger partial charge in [-0.3, -0.25) is 4.79 Å². The molecule has 2 aromatic rings. The lowest BCUT2D eigenvalue weighted by Gasteiger charge is -2.19. The van der Waals surface area contributed by atoms with Crippen LogP contribution >= 0.6 is 0 Å². The summed E-state index contributed by atoms with van der Waals surface area (Å²) in [5, 5.41) is 2.96. The molecule has 0 aliphatic carbocycles. The van der Waals surface area contributed by atoms with Crippen molar-refractivity contribution in [3.05, 3.63) is 37.2 Å². The van der Waals surface area contributed by atoms with Crippen molar-refractivity contribution >= 4 is 23.1 Å². The normalized spacial score (nSPS) is 11.5. The molecule has 1 aromatic heterocycles. The molecule has 1 heterocycles. The van der Waals surface area contributed by atoms with Gasteiger partial charge in [-0.15, -0.1) is 0 Å². The molecule has 100 valence electrons. The number of fused-ring (bicyclic) bond motifs is 1. The van der Waals surface area contributed by atoms with Crippen LogP contribution in [0.2, 0.25) is 0 Å². The van der Waals surface area contributed by atoms with Crippen molar-refractivity contribution < 1.29 is 9.36 Å². The summed E-state index contributed by atoms with van der Waals surface area (Å²) < 4.78 is 3.85. The molecule has 0 atom stereocenters. The fraction of sp³-hybridized carbons (Fsp3) is 0.333. The predicted octanol–water partition coefficient (Wildman–Crippen LogP) is 1.94. The first-order chi connectivity index (χ1) is 8.90. The molecule has 19 heavy (non-hydrogen) atoms. The lowest BCUT2D eigenvalue weighted by atomic mass is 10.1. The standard InChI is InChI=1S/C15H19N3O/c1-5-17-11-18(10-14(19)16-15(2,3)4)13-9-7-6-8-12(13)17/h5-9,11H,1,10H2,2-4H3/p+1. The van der Waals surface area contributed by atoms with Crippen molar-refractivity contribution in [2.45, 2.75) is 32.9 Å². The molecule has 0 spiro atoms. The SMILES string of the molecule is C=Cn1c[n+](CC(=O)NC(C)(C)C)c2ccccc21. The van der Waals surface area contributed by atoms with Gasteiger partial charge in [-0.2, -0.15) is 0 Å². The van der Waals surface area contributed by atoms with Crippen molar-refractivity contribution in [1.29, 1.82) is 0 Å². The van der Waals surface area contributed by atoms with Crippen LogP contribution in [-0.2, 0) is 11.3 Å². The molecule has 0 radical (unpaired) electrons. The Balaban J connectivity index is 2.31. The molecule has 1 amide bonds. The predicted molar refractivity (Wildman–Crippen MR) is 76.4 cm³/mol. The Kier molecular flexibility index (Phi) is 3.42. The highest BCUT2D eigenvalue weighted by Crippen LogP contribution is 2.10. The first-order valence-corrected chi connectivity index (χ1v) is 6.33. The number of hydrogen-bond donors (Lipinski definition) is 1. The number of nitrogens with zero attached hydrogens (tertiary/aromatic N) is 2. The summed E-state index contributed by atoms with van der Waals surface area (Å²) in [4.78, 5) is 12.0. The molecule has 0 fully saturated rings. The molecule has 0 bridgehead atoms. The Morgan fingerprint density at radius 2 is 2.11 bits per heavy atom. The van der Waals surface area contributed by atoms with Crippen molar-refractivity contribution in [3.8, 4) is 0 Å². The minimum absolute atomic E-state index is 0.00413. The molecular formula is C15H20N3O+. The molecule has 0 unspecified atom stereocenters. The number of aromatic nitrogens is 2. The summed E-state index contributed by atoms with van der Waals surface area (Å²) in [6, 6.07) is 7.95. The number of carbonyl (C=O) groups is 1. The number of carbonyl (C=O) groups excluding carboxylic acids is 1. The van der Waals surface area contributed by atoms with Crippen LogP contribution in [0.1, 0.15) is 20.8 Å². The average Bonchev–Trinajstić information content (AvgIpc) is 2.65. The van der Waals surface area contributed by atoms with Gasteiger partial charge in [0.05, 0.1) is 6.20 Å². The van der Waals surface area contributed by atoms with Gasteiger partial charge in [0.1, 0.15) is 0 Å².